The monoisotopic (exact) mass is 461 g/mol. The van der Waals surface area contributed by atoms with E-state index in [-0.39, 0.29) is 11.8 Å². The van der Waals surface area contributed by atoms with Crippen molar-refractivity contribution < 1.29 is 9.18 Å². The molecule has 3 aromatic rings. The molecule has 2 aromatic carbocycles. The maximum atomic E-state index is 13.4. The molecule has 7 heteroatoms. The third kappa shape index (κ3) is 5.14. The summed E-state index contributed by atoms with van der Waals surface area (Å²) in [5.74, 6) is 0.193. The third-order valence-corrected chi connectivity index (χ3v) is 6.92. The number of anilines is 1. The predicted octanol–water partition coefficient (Wildman–Crippen LogP) is 4.84. The molecule has 178 valence electrons. The summed E-state index contributed by atoms with van der Waals surface area (Å²) >= 11 is 0. The van der Waals surface area contributed by atoms with E-state index in [1.807, 2.05) is 35.9 Å². The molecule has 34 heavy (non-hydrogen) atoms. The summed E-state index contributed by atoms with van der Waals surface area (Å²) in [6, 6.07) is 14.2. The van der Waals surface area contributed by atoms with Crippen LogP contribution < -0.4 is 10.6 Å². The van der Waals surface area contributed by atoms with Gasteiger partial charge in [0.25, 0.3) is 0 Å². The van der Waals surface area contributed by atoms with Crippen molar-refractivity contribution in [3.63, 3.8) is 0 Å². The number of halogens is 1. The van der Waals surface area contributed by atoms with E-state index >= 15 is 0 Å². The Kier molecular flexibility index (Phi) is 6.63. The first kappa shape index (κ1) is 22.6. The Morgan fingerprint density at radius 3 is 2.68 bits per heavy atom. The van der Waals surface area contributed by atoms with Gasteiger partial charge in [-0.2, -0.15) is 5.10 Å². The lowest BCUT2D eigenvalue weighted by Crippen LogP contribution is -2.41. The Labute approximate surface area is 200 Å². The predicted molar refractivity (Wildman–Crippen MR) is 132 cm³/mol. The molecule has 5 rings (SSSR count). The second kappa shape index (κ2) is 9.97. The van der Waals surface area contributed by atoms with Crippen molar-refractivity contribution in [3.8, 4) is 5.69 Å². The van der Waals surface area contributed by atoms with Gasteiger partial charge in [0.05, 0.1) is 11.4 Å². The molecule has 1 atom stereocenters. The number of likely N-dealkylation sites (tertiary alicyclic amines) is 1. The molecule has 0 saturated carbocycles. The number of piperidine rings is 1. The number of carbonyl (C=O) groups is 1. The standard InChI is InChI=1S/C27H32FN5O/c1-19-7-11-22(12-8-19)30-27(34)29-16-20-4-3-15-32(17-20)18-25-24-5-2-6-26(24)33(31-25)23-13-9-21(28)10-14-23/h7-14,20H,2-6,15-18H2,1H3,(H2,29,30,34). The maximum absolute atomic E-state index is 13.4. The van der Waals surface area contributed by atoms with Gasteiger partial charge in [-0.3, -0.25) is 4.90 Å². The van der Waals surface area contributed by atoms with Gasteiger partial charge >= 0.3 is 6.03 Å². The van der Waals surface area contributed by atoms with Crippen LogP contribution >= 0.6 is 0 Å². The van der Waals surface area contributed by atoms with Gasteiger partial charge in [0.1, 0.15) is 5.82 Å². The van der Waals surface area contributed by atoms with E-state index in [0.29, 0.717) is 12.5 Å². The molecule has 2 amide bonds. The average Bonchev–Trinajstić information content (AvgIpc) is 3.44. The fraction of sp³-hybridized carbons (Fsp3) is 0.407. The molecule has 1 aliphatic heterocycles. The minimum Gasteiger partial charge on any atom is -0.338 e. The van der Waals surface area contributed by atoms with Gasteiger partial charge in [-0.15, -0.1) is 0 Å². The zero-order valence-corrected chi connectivity index (χ0v) is 19.7. The number of carbonyl (C=O) groups excluding carboxylic acids is 1. The fourth-order valence-electron chi connectivity index (χ4n) is 5.16. The molecule has 0 spiro atoms. The number of nitrogens with one attached hydrogen (secondary N) is 2. The topological polar surface area (TPSA) is 62.2 Å². The number of urea groups is 1. The lowest BCUT2D eigenvalue weighted by Gasteiger charge is -2.32. The van der Waals surface area contributed by atoms with Gasteiger partial charge < -0.3 is 10.6 Å². The summed E-state index contributed by atoms with van der Waals surface area (Å²) in [5, 5.41) is 10.9. The molecule has 1 saturated heterocycles. The number of aryl methyl sites for hydroxylation is 1. The lowest BCUT2D eigenvalue weighted by atomic mass is 9.97. The van der Waals surface area contributed by atoms with Crippen LogP contribution in [0, 0.1) is 18.7 Å². The zero-order chi connectivity index (χ0) is 23.5. The van der Waals surface area contributed by atoms with Gasteiger partial charge in [-0.1, -0.05) is 17.7 Å². The van der Waals surface area contributed by atoms with E-state index in [4.69, 9.17) is 5.10 Å². The number of hydrogen-bond acceptors (Lipinski definition) is 3. The quantitative estimate of drug-likeness (QED) is 0.552. The Bertz CT molecular complexity index is 1140. The Morgan fingerprint density at radius 1 is 1.09 bits per heavy atom. The van der Waals surface area contributed by atoms with Crippen LogP contribution in [0.4, 0.5) is 14.9 Å². The van der Waals surface area contributed by atoms with Crippen LogP contribution in [0.1, 0.15) is 41.8 Å². The number of hydrogen-bond donors (Lipinski definition) is 2. The molecule has 2 aliphatic rings. The molecule has 1 aliphatic carbocycles. The molecule has 0 radical (unpaired) electrons. The van der Waals surface area contributed by atoms with Crippen LogP contribution in [-0.2, 0) is 19.4 Å². The van der Waals surface area contributed by atoms with E-state index in [2.05, 4.69) is 15.5 Å². The molecule has 1 fully saturated rings. The average molecular weight is 462 g/mol. The molecule has 1 unspecified atom stereocenters. The van der Waals surface area contributed by atoms with Crippen molar-refractivity contribution in [2.45, 2.75) is 45.6 Å². The molecule has 0 bridgehead atoms. The molecular formula is C27H32FN5O. The summed E-state index contributed by atoms with van der Waals surface area (Å²) in [6.07, 6.45) is 5.45. The smallest absolute Gasteiger partial charge is 0.319 e. The number of rotatable bonds is 6. The minimum absolute atomic E-state index is 0.156. The summed E-state index contributed by atoms with van der Waals surface area (Å²) in [6.45, 7) is 5.51. The van der Waals surface area contributed by atoms with Gasteiger partial charge in [0.15, 0.2) is 0 Å². The lowest BCUT2D eigenvalue weighted by molar-refractivity contribution is 0.164. The molecular weight excluding hydrogens is 429 g/mol. The Morgan fingerprint density at radius 2 is 1.88 bits per heavy atom. The number of fused-ring (bicyclic) bond motifs is 1. The molecule has 6 nitrogen and oxygen atoms in total. The summed E-state index contributed by atoms with van der Waals surface area (Å²) in [4.78, 5) is 14.8. The van der Waals surface area contributed by atoms with Crippen LogP contribution in [0.2, 0.25) is 0 Å². The van der Waals surface area contributed by atoms with Gasteiger partial charge in [0, 0.05) is 31.0 Å². The summed E-state index contributed by atoms with van der Waals surface area (Å²) in [5.41, 5.74) is 6.67. The largest absolute Gasteiger partial charge is 0.338 e. The van der Waals surface area contributed by atoms with Crippen LogP contribution in [0.15, 0.2) is 48.5 Å². The third-order valence-electron chi connectivity index (χ3n) is 6.92. The van der Waals surface area contributed by atoms with E-state index in [1.54, 1.807) is 12.1 Å². The van der Waals surface area contributed by atoms with Crippen LogP contribution in [0.3, 0.4) is 0 Å². The van der Waals surface area contributed by atoms with E-state index < -0.39 is 0 Å². The first-order valence-corrected chi connectivity index (χ1v) is 12.2. The fourth-order valence-corrected chi connectivity index (χ4v) is 5.16. The van der Waals surface area contributed by atoms with Crippen LogP contribution in [0.5, 0.6) is 0 Å². The molecule has 2 heterocycles. The Hall–Kier alpha value is -3.19. The first-order valence-electron chi connectivity index (χ1n) is 12.2. The highest BCUT2D eigenvalue weighted by Crippen LogP contribution is 2.29. The van der Waals surface area contributed by atoms with Crippen LogP contribution in [0.25, 0.3) is 5.69 Å². The van der Waals surface area contributed by atoms with Crippen molar-refractivity contribution in [2.24, 2.45) is 5.92 Å². The van der Waals surface area contributed by atoms with E-state index in [1.165, 1.54) is 29.0 Å². The Balaban J connectivity index is 1.19. The summed E-state index contributed by atoms with van der Waals surface area (Å²) < 4.78 is 15.4. The highest BCUT2D eigenvalue weighted by Gasteiger charge is 2.26. The van der Waals surface area contributed by atoms with E-state index in [9.17, 15) is 9.18 Å². The number of nitrogens with zero attached hydrogens (tertiary/aromatic N) is 3. The van der Waals surface area contributed by atoms with Gasteiger partial charge in [-0.05, 0) is 93.5 Å². The van der Waals surface area contributed by atoms with Crippen molar-refractivity contribution in [1.82, 2.24) is 20.0 Å². The van der Waals surface area contributed by atoms with Crippen LogP contribution in [-0.4, -0.2) is 40.3 Å². The number of aromatic nitrogens is 2. The van der Waals surface area contributed by atoms with Gasteiger partial charge in [0.2, 0.25) is 0 Å². The number of amides is 2. The SMILES string of the molecule is Cc1ccc(NC(=O)NCC2CCCN(Cc3nn(-c4ccc(F)cc4)c4c3CCC4)C2)cc1. The van der Waals surface area contributed by atoms with Gasteiger partial charge in [-0.25, -0.2) is 13.9 Å². The molecule has 2 N–H and O–H groups in total. The van der Waals surface area contributed by atoms with E-state index in [0.717, 1.165) is 68.8 Å². The molecule has 1 aromatic heterocycles. The summed E-state index contributed by atoms with van der Waals surface area (Å²) in [7, 11) is 0. The van der Waals surface area contributed by atoms with Crippen molar-refractivity contribution in [3.05, 3.63) is 76.9 Å². The first-order chi connectivity index (χ1) is 16.5. The second-order valence-corrected chi connectivity index (χ2v) is 9.56. The minimum atomic E-state index is -0.228. The number of benzene rings is 2. The van der Waals surface area contributed by atoms with Crippen molar-refractivity contribution in [2.75, 3.05) is 25.0 Å². The highest BCUT2D eigenvalue weighted by atomic mass is 19.1. The van der Waals surface area contributed by atoms with Crippen molar-refractivity contribution in [1.29, 1.82) is 0 Å². The van der Waals surface area contributed by atoms with Crippen molar-refractivity contribution >= 4 is 11.7 Å². The highest BCUT2D eigenvalue weighted by molar-refractivity contribution is 5.89. The maximum Gasteiger partial charge on any atom is 0.319 e. The second-order valence-electron chi connectivity index (χ2n) is 9.56. The zero-order valence-electron chi connectivity index (χ0n) is 19.7. The normalized spacial score (nSPS) is 18.0.